The number of benzene rings is 1. The lowest BCUT2D eigenvalue weighted by molar-refractivity contribution is 0.618. The minimum absolute atomic E-state index is 0.0319. The van der Waals surface area contributed by atoms with Crippen LogP contribution in [0.3, 0.4) is 0 Å². The van der Waals surface area contributed by atoms with Crippen LogP contribution < -0.4 is 0 Å². The minimum Gasteiger partial charge on any atom is -0.350 e. The Bertz CT molecular complexity index is 783. The molecule has 0 saturated heterocycles. The van der Waals surface area contributed by atoms with Gasteiger partial charge in [-0.1, -0.05) is 0 Å². The van der Waals surface area contributed by atoms with Crippen LogP contribution in [0.4, 0.5) is 8.78 Å². The lowest BCUT2D eigenvalue weighted by Crippen LogP contribution is -1.92. The highest BCUT2D eigenvalue weighted by Crippen LogP contribution is 2.31. The predicted molar refractivity (Wildman–Crippen MR) is 68.9 cm³/mol. The largest absolute Gasteiger partial charge is 0.350 e. The van der Waals surface area contributed by atoms with Gasteiger partial charge >= 0.3 is 0 Å². The summed E-state index contributed by atoms with van der Waals surface area (Å²) in [5.74, 6) is -0.914. The van der Waals surface area contributed by atoms with Crippen molar-refractivity contribution >= 4 is 22.5 Å². The van der Waals surface area contributed by atoms with Crippen molar-refractivity contribution in [1.29, 1.82) is 0 Å². The summed E-state index contributed by atoms with van der Waals surface area (Å²) in [6.07, 6.45) is 2.71. The fraction of sp³-hybridized carbons (Fsp3) is 0.0769. The first kappa shape index (κ1) is 12.0. The van der Waals surface area contributed by atoms with Crippen molar-refractivity contribution in [1.82, 2.24) is 14.5 Å². The molecular formula is C13H8ClF2N3. The molecule has 0 radical (unpaired) electrons. The van der Waals surface area contributed by atoms with Gasteiger partial charge in [-0.15, -0.1) is 0 Å². The topological polar surface area (TPSA) is 30.7 Å². The average molecular weight is 280 g/mol. The van der Waals surface area contributed by atoms with Crippen LogP contribution in [0, 0.1) is 11.6 Å². The summed E-state index contributed by atoms with van der Waals surface area (Å²) in [5.41, 5.74) is 1.32. The molecule has 3 nitrogen and oxygen atoms in total. The molecule has 96 valence electrons. The first-order valence-electron chi connectivity index (χ1n) is 5.49. The number of aryl methyl sites for hydroxylation is 1. The molecule has 0 bridgehead atoms. The lowest BCUT2D eigenvalue weighted by atomic mass is 10.1. The molecule has 0 amide bonds. The maximum Gasteiger partial charge on any atom is 0.223 e. The highest BCUT2D eigenvalue weighted by molar-refractivity contribution is 6.28. The molecule has 0 aliphatic rings. The summed E-state index contributed by atoms with van der Waals surface area (Å²) >= 11 is 5.69. The van der Waals surface area contributed by atoms with Crippen LogP contribution in [0.5, 0.6) is 0 Å². The second-order valence-corrected chi connectivity index (χ2v) is 4.49. The molecule has 2 aromatic heterocycles. The van der Waals surface area contributed by atoms with E-state index in [1.807, 2.05) is 0 Å². The standard InChI is InChI=1S/C13H8ClF2N3/c1-19-6-9(8-3-2-7(15)4-11(8)19)12-10(16)5-17-13(14)18-12/h2-6H,1H3. The zero-order chi connectivity index (χ0) is 13.6. The molecule has 1 aromatic carbocycles. The Balaban J connectivity index is 2.34. The number of fused-ring (bicyclic) bond motifs is 1. The van der Waals surface area contributed by atoms with Crippen molar-refractivity contribution in [2.45, 2.75) is 0 Å². The third kappa shape index (κ3) is 1.96. The van der Waals surface area contributed by atoms with E-state index in [1.54, 1.807) is 23.9 Å². The van der Waals surface area contributed by atoms with E-state index in [9.17, 15) is 8.78 Å². The second-order valence-electron chi connectivity index (χ2n) is 4.15. The van der Waals surface area contributed by atoms with Crippen LogP contribution in [0.2, 0.25) is 5.28 Å². The first-order chi connectivity index (χ1) is 9.06. The van der Waals surface area contributed by atoms with Gasteiger partial charge in [0, 0.05) is 24.2 Å². The van der Waals surface area contributed by atoms with E-state index in [0.29, 0.717) is 16.5 Å². The number of hydrogen-bond acceptors (Lipinski definition) is 2. The molecule has 0 spiro atoms. The fourth-order valence-corrected chi connectivity index (χ4v) is 2.21. The van der Waals surface area contributed by atoms with Gasteiger partial charge in [0.15, 0.2) is 5.82 Å². The van der Waals surface area contributed by atoms with E-state index in [2.05, 4.69) is 9.97 Å². The quantitative estimate of drug-likeness (QED) is 0.638. The third-order valence-corrected chi connectivity index (χ3v) is 3.10. The van der Waals surface area contributed by atoms with Gasteiger partial charge in [0.25, 0.3) is 0 Å². The number of nitrogens with zero attached hydrogens (tertiary/aromatic N) is 3. The van der Waals surface area contributed by atoms with Gasteiger partial charge in [-0.05, 0) is 29.8 Å². The van der Waals surface area contributed by atoms with E-state index in [0.717, 1.165) is 6.20 Å². The Hall–Kier alpha value is -2.01. The summed E-state index contributed by atoms with van der Waals surface area (Å²) in [6, 6.07) is 4.31. The predicted octanol–water partition coefficient (Wildman–Crippen LogP) is 3.57. The highest BCUT2D eigenvalue weighted by atomic mass is 35.5. The lowest BCUT2D eigenvalue weighted by Gasteiger charge is -2.00. The van der Waals surface area contributed by atoms with Crippen LogP contribution in [0.1, 0.15) is 0 Å². The van der Waals surface area contributed by atoms with Gasteiger partial charge in [-0.3, -0.25) is 0 Å². The van der Waals surface area contributed by atoms with Crippen LogP contribution >= 0.6 is 11.6 Å². The highest BCUT2D eigenvalue weighted by Gasteiger charge is 2.15. The summed E-state index contributed by atoms with van der Waals surface area (Å²) in [5, 5.41) is 0.674. The van der Waals surface area contributed by atoms with Crippen molar-refractivity contribution in [2.24, 2.45) is 7.05 Å². The molecule has 0 aliphatic carbocycles. The minimum atomic E-state index is -0.568. The van der Waals surface area contributed by atoms with Crippen LogP contribution in [0.15, 0.2) is 30.6 Å². The Morgan fingerprint density at radius 2 is 2.05 bits per heavy atom. The zero-order valence-electron chi connectivity index (χ0n) is 9.86. The fourth-order valence-electron chi connectivity index (χ4n) is 2.08. The molecule has 0 unspecified atom stereocenters. The molecule has 3 aromatic rings. The smallest absolute Gasteiger partial charge is 0.223 e. The van der Waals surface area contributed by atoms with E-state index < -0.39 is 5.82 Å². The monoisotopic (exact) mass is 279 g/mol. The zero-order valence-corrected chi connectivity index (χ0v) is 10.6. The number of halogens is 3. The van der Waals surface area contributed by atoms with Crippen molar-refractivity contribution in [3.8, 4) is 11.3 Å². The summed E-state index contributed by atoms with van der Waals surface area (Å²) < 4.78 is 28.8. The Kier molecular flexibility index (Phi) is 2.71. The van der Waals surface area contributed by atoms with Crippen molar-refractivity contribution in [3.05, 3.63) is 47.5 Å². The Morgan fingerprint density at radius 1 is 1.26 bits per heavy atom. The third-order valence-electron chi connectivity index (χ3n) is 2.92. The number of aromatic nitrogens is 3. The van der Waals surface area contributed by atoms with E-state index in [1.165, 1.54) is 12.1 Å². The molecule has 19 heavy (non-hydrogen) atoms. The Morgan fingerprint density at radius 3 is 2.84 bits per heavy atom. The van der Waals surface area contributed by atoms with Crippen molar-refractivity contribution in [2.75, 3.05) is 0 Å². The van der Waals surface area contributed by atoms with Gasteiger partial charge in [0.1, 0.15) is 11.5 Å². The molecule has 0 saturated carbocycles. The van der Waals surface area contributed by atoms with Gasteiger partial charge in [-0.25, -0.2) is 18.7 Å². The van der Waals surface area contributed by atoms with E-state index in [4.69, 9.17) is 11.6 Å². The van der Waals surface area contributed by atoms with Gasteiger partial charge < -0.3 is 4.57 Å². The van der Waals surface area contributed by atoms with Gasteiger partial charge in [0.05, 0.1) is 11.7 Å². The summed E-state index contributed by atoms with van der Waals surface area (Å²) in [4.78, 5) is 7.48. The molecule has 6 heteroatoms. The molecular weight excluding hydrogens is 272 g/mol. The normalized spacial score (nSPS) is 11.2. The molecule has 3 rings (SSSR count). The Labute approximate surface area is 112 Å². The maximum absolute atomic E-state index is 13.8. The van der Waals surface area contributed by atoms with Crippen molar-refractivity contribution < 1.29 is 8.78 Å². The SMILES string of the molecule is Cn1cc(-c2nc(Cl)ncc2F)c2ccc(F)cc21. The van der Waals surface area contributed by atoms with Crippen LogP contribution in [-0.2, 0) is 7.05 Å². The van der Waals surface area contributed by atoms with Crippen LogP contribution in [0.25, 0.3) is 22.2 Å². The summed E-state index contributed by atoms with van der Waals surface area (Å²) in [6.45, 7) is 0. The number of rotatable bonds is 1. The molecule has 0 aliphatic heterocycles. The number of hydrogen-bond donors (Lipinski definition) is 0. The molecule has 0 fully saturated rings. The van der Waals surface area contributed by atoms with E-state index >= 15 is 0 Å². The van der Waals surface area contributed by atoms with Crippen LogP contribution in [-0.4, -0.2) is 14.5 Å². The second kappa shape index (κ2) is 4.28. The molecule has 0 N–H and O–H groups in total. The van der Waals surface area contributed by atoms with E-state index in [-0.39, 0.29) is 16.8 Å². The van der Waals surface area contributed by atoms with Crippen molar-refractivity contribution in [3.63, 3.8) is 0 Å². The average Bonchev–Trinajstić information content (AvgIpc) is 2.69. The molecule has 0 atom stereocenters. The van der Waals surface area contributed by atoms with Gasteiger partial charge in [0.2, 0.25) is 5.28 Å². The van der Waals surface area contributed by atoms with Gasteiger partial charge in [-0.2, -0.15) is 0 Å². The molecule has 2 heterocycles. The summed E-state index contributed by atoms with van der Waals surface area (Å²) in [7, 11) is 1.76. The first-order valence-corrected chi connectivity index (χ1v) is 5.87. The maximum atomic E-state index is 13.8.